The van der Waals surface area contributed by atoms with Crippen LogP contribution in [0.3, 0.4) is 0 Å². The first-order chi connectivity index (χ1) is 13.5. The van der Waals surface area contributed by atoms with Crippen LogP contribution in [0, 0.1) is 11.3 Å². The molecular weight excluding hydrogens is 354 g/mol. The van der Waals surface area contributed by atoms with Gasteiger partial charge in [-0.3, -0.25) is 9.59 Å². The number of nitrogens with zero attached hydrogens (tertiary/aromatic N) is 1. The summed E-state index contributed by atoms with van der Waals surface area (Å²) in [6.07, 6.45) is 2.32. The average Bonchev–Trinajstić information content (AvgIpc) is 3.42. The van der Waals surface area contributed by atoms with Crippen LogP contribution in [0.2, 0.25) is 0 Å². The smallest absolute Gasteiger partial charge is 0.307 e. The minimum atomic E-state index is -0.694. The summed E-state index contributed by atoms with van der Waals surface area (Å²) in [5.41, 5.74) is 2.52. The number of amides is 1. The quantitative estimate of drug-likeness (QED) is 0.850. The first-order valence-corrected chi connectivity index (χ1v) is 9.88. The summed E-state index contributed by atoms with van der Waals surface area (Å²) in [4.78, 5) is 26.1. The number of hydrogen-bond acceptors (Lipinski definition) is 3. The van der Waals surface area contributed by atoms with Crippen molar-refractivity contribution in [2.45, 2.75) is 26.2 Å². The molecule has 0 aromatic heterocycles. The number of hydrogen-bond donors (Lipinski definition) is 1. The second kappa shape index (κ2) is 7.30. The highest BCUT2D eigenvalue weighted by atomic mass is 16.5. The summed E-state index contributed by atoms with van der Waals surface area (Å²) in [5.74, 6) is -0.0929. The molecule has 1 aliphatic carbocycles. The van der Waals surface area contributed by atoms with Crippen molar-refractivity contribution in [1.82, 2.24) is 4.90 Å². The molecule has 0 radical (unpaired) electrons. The molecular formula is C23H25NO4. The third-order valence-corrected chi connectivity index (χ3v) is 6.14. The molecule has 146 valence electrons. The van der Waals surface area contributed by atoms with Crippen molar-refractivity contribution in [3.63, 3.8) is 0 Å². The fourth-order valence-corrected chi connectivity index (χ4v) is 4.39. The van der Waals surface area contributed by atoms with Gasteiger partial charge < -0.3 is 14.7 Å². The first kappa shape index (κ1) is 18.5. The zero-order chi connectivity index (χ0) is 19.7. The van der Waals surface area contributed by atoms with Crippen LogP contribution in [0.5, 0.6) is 5.75 Å². The number of carboxylic acid groups (broad SMARTS) is 1. The van der Waals surface area contributed by atoms with E-state index >= 15 is 0 Å². The SMILES string of the molecule is CCOc1ccccc1-c1cccc(C(=O)N2CCC3(CC2)CC3C(=O)O)c1. The maximum atomic E-state index is 13.0. The van der Waals surface area contributed by atoms with Crippen LogP contribution < -0.4 is 4.74 Å². The third kappa shape index (κ3) is 3.37. The van der Waals surface area contributed by atoms with Gasteiger partial charge in [0.1, 0.15) is 5.75 Å². The second-order valence-electron chi connectivity index (χ2n) is 7.76. The zero-order valence-corrected chi connectivity index (χ0v) is 16.1. The lowest BCUT2D eigenvalue weighted by Crippen LogP contribution is -2.40. The van der Waals surface area contributed by atoms with Gasteiger partial charge in [0.15, 0.2) is 0 Å². The number of carbonyl (C=O) groups excluding carboxylic acids is 1. The average molecular weight is 379 g/mol. The van der Waals surface area contributed by atoms with Crippen LogP contribution in [0.25, 0.3) is 11.1 Å². The minimum absolute atomic E-state index is 0.0121. The molecule has 1 saturated heterocycles. The third-order valence-electron chi connectivity index (χ3n) is 6.14. The number of carboxylic acids is 1. The summed E-state index contributed by atoms with van der Waals surface area (Å²) in [6.45, 7) is 3.79. The van der Waals surface area contributed by atoms with Crippen molar-refractivity contribution in [2.24, 2.45) is 11.3 Å². The van der Waals surface area contributed by atoms with Crippen LogP contribution in [0.1, 0.15) is 36.5 Å². The zero-order valence-electron chi connectivity index (χ0n) is 16.1. The van der Waals surface area contributed by atoms with Gasteiger partial charge in [-0.1, -0.05) is 30.3 Å². The molecule has 1 amide bonds. The molecule has 2 aromatic rings. The number of likely N-dealkylation sites (tertiary alicyclic amines) is 1. The van der Waals surface area contributed by atoms with Crippen molar-refractivity contribution in [2.75, 3.05) is 19.7 Å². The summed E-state index contributed by atoms with van der Waals surface area (Å²) < 4.78 is 5.72. The van der Waals surface area contributed by atoms with E-state index in [4.69, 9.17) is 4.74 Å². The molecule has 1 atom stereocenters. The van der Waals surface area contributed by atoms with E-state index < -0.39 is 5.97 Å². The van der Waals surface area contributed by atoms with Crippen LogP contribution in [0.4, 0.5) is 0 Å². The number of carbonyl (C=O) groups is 2. The van der Waals surface area contributed by atoms with Gasteiger partial charge >= 0.3 is 5.97 Å². The van der Waals surface area contributed by atoms with Crippen LogP contribution in [-0.4, -0.2) is 41.6 Å². The van der Waals surface area contributed by atoms with Gasteiger partial charge in [-0.05, 0) is 55.4 Å². The number of aliphatic carboxylic acids is 1. The van der Waals surface area contributed by atoms with Crippen molar-refractivity contribution in [3.8, 4) is 16.9 Å². The van der Waals surface area contributed by atoms with Crippen molar-refractivity contribution in [1.29, 1.82) is 0 Å². The topological polar surface area (TPSA) is 66.8 Å². The Kier molecular flexibility index (Phi) is 4.84. The number of ether oxygens (including phenoxy) is 1. The van der Waals surface area contributed by atoms with Crippen LogP contribution in [0.15, 0.2) is 48.5 Å². The first-order valence-electron chi connectivity index (χ1n) is 9.88. The predicted molar refractivity (Wildman–Crippen MR) is 106 cm³/mol. The van der Waals surface area contributed by atoms with Crippen LogP contribution in [-0.2, 0) is 4.79 Å². The Morgan fingerprint density at radius 2 is 1.89 bits per heavy atom. The second-order valence-corrected chi connectivity index (χ2v) is 7.76. The standard InChI is InChI=1S/C23H25NO4/c1-2-28-20-9-4-3-8-18(20)16-6-5-7-17(14-16)21(25)24-12-10-23(11-13-24)15-19(23)22(26)27/h3-9,14,19H,2,10-13,15H2,1H3,(H,26,27). The molecule has 1 heterocycles. The summed E-state index contributed by atoms with van der Waals surface area (Å²) in [5, 5.41) is 9.23. The minimum Gasteiger partial charge on any atom is -0.493 e. The molecule has 1 spiro atoms. The molecule has 0 bridgehead atoms. The van der Waals surface area contributed by atoms with Crippen molar-refractivity contribution >= 4 is 11.9 Å². The monoisotopic (exact) mass is 379 g/mol. The van der Waals surface area contributed by atoms with Crippen LogP contribution >= 0.6 is 0 Å². The lowest BCUT2D eigenvalue weighted by Gasteiger charge is -2.32. The lowest BCUT2D eigenvalue weighted by atomic mass is 9.90. The highest BCUT2D eigenvalue weighted by Gasteiger charge is 2.59. The Morgan fingerprint density at radius 1 is 1.14 bits per heavy atom. The number of piperidine rings is 1. The number of rotatable bonds is 5. The van der Waals surface area contributed by atoms with Gasteiger partial charge in [0, 0.05) is 24.2 Å². The predicted octanol–water partition coefficient (Wildman–Crippen LogP) is 4.08. The summed E-state index contributed by atoms with van der Waals surface area (Å²) in [7, 11) is 0. The van der Waals surface area contributed by atoms with E-state index in [1.165, 1.54) is 0 Å². The van der Waals surface area contributed by atoms with E-state index in [1.807, 2.05) is 60.4 Å². The fourth-order valence-electron chi connectivity index (χ4n) is 4.39. The normalized spacial score (nSPS) is 20.0. The summed E-state index contributed by atoms with van der Waals surface area (Å²) >= 11 is 0. The van der Waals surface area contributed by atoms with E-state index in [0.29, 0.717) is 25.3 Å². The maximum Gasteiger partial charge on any atom is 0.307 e. The largest absolute Gasteiger partial charge is 0.493 e. The lowest BCUT2D eigenvalue weighted by molar-refractivity contribution is -0.139. The molecule has 2 aliphatic rings. The van der Waals surface area contributed by atoms with E-state index in [9.17, 15) is 14.7 Å². The molecule has 1 N–H and O–H groups in total. The molecule has 2 fully saturated rings. The molecule has 1 unspecified atom stereocenters. The van der Waals surface area contributed by atoms with Crippen molar-refractivity contribution in [3.05, 3.63) is 54.1 Å². The van der Waals surface area contributed by atoms with Crippen molar-refractivity contribution < 1.29 is 19.4 Å². The van der Waals surface area contributed by atoms with E-state index in [1.54, 1.807) is 0 Å². The Morgan fingerprint density at radius 3 is 2.57 bits per heavy atom. The molecule has 1 saturated carbocycles. The highest BCUT2D eigenvalue weighted by molar-refractivity contribution is 5.95. The van der Waals surface area contributed by atoms with E-state index in [2.05, 4.69) is 0 Å². The van der Waals surface area contributed by atoms with Gasteiger partial charge in [-0.15, -0.1) is 0 Å². The molecule has 2 aromatic carbocycles. The van der Waals surface area contributed by atoms with Gasteiger partial charge in [-0.25, -0.2) is 0 Å². The molecule has 5 heteroatoms. The van der Waals surface area contributed by atoms with Gasteiger partial charge in [-0.2, -0.15) is 0 Å². The van der Waals surface area contributed by atoms with Gasteiger partial charge in [0.2, 0.25) is 0 Å². The highest BCUT2D eigenvalue weighted by Crippen LogP contribution is 2.59. The molecule has 1 aliphatic heterocycles. The molecule has 5 nitrogen and oxygen atoms in total. The number of benzene rings is 2. The Balaban J connectivity index is 1.50. The maximum absolute atomic E-state index is 13.0. The number of para-hydroxylation sites is 1. The summed E-state index contributed by atoms with van der Waals surface area (Å²) in [6, 6.07) is 15.5. The fraction of sp³-hybridized carbons (Fsp3) is 0.391. The van der Waals surface area contributed by atoms with E-state index in [-0.39, 0.29) is 17.2 Å². The Bertz CT molecular complexity index is 899. The Hall–Kier alpha value is -2.82. The van der Waals surface area contributed by atoms with E-state index in [0.717, 1.165) is 36.1 Å². The molecule has 28 heavy (non-hydrogen) atoms. The molecule has 4 rings (SSSR count). The van der Waals surface area contributed by atoms with Gasteiger partial charge in [0.05, 0.1) is 12.5 Å². The van der Waals surface area contributed by atoms with Gasteiger partial charge in [0.25, 0.3) is 5.91 Å². The Labute approximate surface area is 164 Å².